The van der Waals surface area contributed by atoms with Crippen molar-refractivity contribution in [2.45, 2.75) is 13.1 Å². The normalized spacial score (nSPS) is 14.0. The Labute approximate surface area is 115 Å². The van der Waals surface area contributed by atoms with E-state index < -0.39 is 0 Å². The number of hydrogen-bond acceptors (Lipinski definition) is 4. The van der Waals surface area contributed by atoms with Crippen molar-refractivity contribution in [3.63, 3.8) is 0 Å². The minimum Gasteiger partial charge on any atom is -0.398 e. The summed E-state index contributed by atoms with van der Waals surface area (Å²) in [4.78, 5) is 7.01. The van der Waals surface area contributed by atoms with Crippen LogP contribution in [-0.2, 0) is 13.1 Å². The molecule has 1 aliphatic heterocycles. The van der Waals surface area contributed by atoms with Gasteiger partial charge >= 0.3 is 0 Å². The fourth-order valence-electron chi connectivity index (χ4n) is 2.58. The quantitative estimate of drug-likeness (QED) is 0.687. The molecule has 0 saturated heterocycles. The van der Waals surface area contributed by atoms with Gasteiger partial charge in [-0.25, -0.2) is 4.98 Å². The number of nitrogens with zero attached hydrogens (tertiary/aromatic N) is 2. The number of anilines is 2. The highest BCUT2D eigenvalue weighted by Gasteiger charge is 2.23. The van der Waals surface area contributed by atoms with Gasteiger partial charge in [0.1, 0.15) is 0 Å². The van der Waals surface area contributed by atoms with E-state index in [-0.39, 0.29) is 0 Å². The first kappa shape index (κ1) is 10.8. The third-order valence-corrected chi connectivity index (χ3v) is 4.67. The number of fused-ring (bicyclic) bond motifs is 2. The number of hydrogen-bond donors (Lipinski definition) is 1. The van der Waals surface area contributed by atoms with Crippen LogP contribution in [0.5, 0.6) is 0 Å². The Morgan fingerprint density at radius 1 is 1.05 bits per heavy atom. The molecule has 0 fully saturated rings. The van der Waals surface area contributed by atoms with Crippen LogP contribution in [0, 0.1) is 0 Å². The average molecular weight is 267 g/mol. The molecule has 3 nitrogen and oxygen atoms in total. The van der Waals surface area contributed by atoms with Crippen molar-refractivity contribution in [2.24, 2.45) is 0 Å². The lowest BCUT2D eigenvalue weighted by molar-refractivity contribution is 0.876. The second-order valence-electron chi connectivity index (χ2n) is 4.81. The maximum atomic E-state index is 6.04. The van der Waals surface area contributed by atoms with E-state index in [1.54, 1.807) is 11.3 Å². The van der Waals surface area contributed by atoms with Crippen LogP contribution in [0.1, 0.15) is 11.1 Å². The van der Waals surface area contributed by atoms with Crippen LogP contribution in [0.2, 0.25) is 0 Å². The molecule has 4 rings (SSSR count). The van der Waals surface area contributed by atoms with Crippen molar-refractivity contribution in [3.8, 4) is 0 Å². The molecule has 0 amide bonds. The molecule has 0 radical (unpaired) electrons. The van der Waals surface area contributed by atoms with Crippen LogP contribution in [0.4, 0.5) is 10.8 Å². The molecule has 4 heteroatoms. The van der Waals surface area contributed by atoms with Crippen LogP contribution in [-0.4, -0.2) is 4.98 Å². The number of para-hydroxylation sites is 1. The molecule has 2 aromatic carbocycles. The molecular weight excluding hydrogens is 254 g/mol. The van der Waals surface area contributed by atoms with Crippen molar-refractivity contribution in [1.29, 1.82) is 0 Å². The Morgan fingerprint density at radius 3 is 2.79 bits per heavy atom. The Bertz CT molecular complexity index is 730. The van der Waals surface area contributed by atoms with Crippen LogP contribution >= 0.6 is 11.3 Å². The number of nitrogen functional groups attached to an aromatic ring is 1. The smallest absolute Gasteiger partial charge is 0.187 e. The minimum absolute atomic E-state index is 0.863. The van der Waals surface area contributed by atoms with Crippen LogP contribution in [0.3, 0.4) is 0 Å². The molecule has 0 unspecified atom stereocenters. The predicted molar refractivity (Wildman–Crippen MR) is 80.4 cm³/mol. The number of thiazole rings is 1. The van der Waals surface area contributed by atoms with Gasteiger partial charge in [-0.05, 0) is 29.3 Å². The average Bonchev–Trinajstić information content (AvgIpc) is 3.02. The van der Waals surface area contributed by atoms with E-state index in [1.807, 2.05) is 18.2 Å². The van der Waals surface area contributed by atoms with Gasteiger partial charge in [-0.15, -0.1) is 0 Å². The Morgan fingerprint density at radius 2 is 1.95 bits per heavy atom. The number of aromatic nitrogens is 1. The van der Waals surface area contributed by atoms with Gasteiger partial charge in [0.05, 0.1) is 10.2 Å². The first-order chi connectivity index (χ1) is 9.31. The van der Waals surface area contributed by atoms with Gasteiger partial charge in [-0.1, -0.05) is 35.6 Å². The highest BCUT2D eigenvalue weighted by Crippen LogP contribution is 2.35. The molecule has 94 valence electrons. The van der Waals surface area contributed by atoms with E-state index in [4.69, 9.17) is 10.7 Å². The lowest BCUT2D eigenvalue weighted by atomic mass is 10.1. The maximum absolute atomic E-state index is 6.04. The summed E-state index contributed by atoms with van der Waals surface area (Å²) < 4.78 is 1.24. The zero-order chi connectivity index (χ0) is 12.8. The van der Waals surface area contributed by atoms with Crippen molar-refractivity contribution in [1.82, 2.24) is 4.98 Å². The van der Waals surface area contributed by atoms with E-state index in [0.717, 1.165) is 29.4 Å². The molecule has 19 heavy (non-hydrogen) atoms. The lowest BCUT2D eigenvalue weighted by Crippen LogP contribution is -2.14. The van der Waals surface area contributed by atoms with Gasteiger partial charge in [0.25, 0.3) is 0 Å². The molecule has 2 N–H and O–H groups in total. The first-order valence-electron chi connectivity index (χ1n) is 6.28. The molecule has 0 aliphatic carbocycles. The predicted octanol–water partition coefficient (Wildman–Crippen LogP) is 3.40. The topological polar surface area (TPSA) is 42.1 Å². The van der Waals surface area contributed by atoms with E-state index >= 15 is 0 Å². The highest BCUT2D eigenvalue weighted by molar-refractivity contribution is 7.22. The third-order valence-electron chi connectivity index (χ3n) is 3.57. The van der Waals surface area contributed by atoms with Crippen LogP contribution in [0.25, 0.3) is 10.2 Å². The molecule has 1 aliphatic rings. The largest absolute Gasteiger partial charge is 0.398 e. The van der Waals surface area contributed by atoms with E-state index in [1.165, 1.54) is 15.8 Å². The van der Waals surface area contributed by atoms with Gasteiger partial charge in [0.2, 0.25) is 0 Å². The summed E-state index contributed by atoms with van der Waals surface area (Å²) in [6, 6.07) is 14.4. The highest BCUT2D eigenvalue weighted by atomic mass is 32.1. The SMILES string of the molecule is Nc1cccc2c1CN(c1nc3ccccc3s1)C2. The zero-order valence-electron chi connectivity index (χ0n) is 10.3. The van der Waals surface area contributed by atoms with Crippen molar-refractivity contribution < 1.29 is 0 Å². The van der Waals surface area contributed by atoms with Gasteiger partial charge < -0.3 is 10.6 Å². The Kier molecular flexibility index (Phi) is 2.26. The van der Waals surface area contributed by atoms with E-state index in [9.17, 15) is 0 Å². The molecular formula is C15H13N3S. The number of benzene rings is 2. The Hall–Kier alpha value is -2.07. The second-order valence-corrected chi connectivity index (χ2v) is 5.81. The second kappa shape index (κ2) is 3.96. The van der Waals surface area contributed by atoms with Crippen molar-refractivity contribution in [2.75, 3.05) is 10.6 Å². The van der Waals surface area contributed by atoms with Gasteiger partial charge in [0, 0.05) is 18.8 Å². The molecule has 2 heterocycles. The van der Waals surface area contributed by atoms with Gasteiger partial charge in [-0.3, -0.25) is 0 Å². The fraction of sp³-hybridized carbons (Fsp3) is 0.133. The molecule has 1 aromatic heterocycles. The summed E-state index contributed by atoms with van der Waals surface area (Å²) in [5.74, 6) is 0. The van der Waals surface area contributed by atoms with Crippen molar-refractivity contribution in [3.05, 3.63) is 53.6 Å². The molecule has 0 atom stereocenters. The standard InChI is InChI=1S/C15H13N3S/c16-12-5-3-4-10-8-18(9-11(10)12)15-17-13-6-1-2-7-14(13)19-15/h1-7H,8-9,16H2. The first-order valence-corrected chi connectivity index (χ1v) is 7.10. The van der Waals surface area contributed by atoms with E-state index in [0.29, 0.717) is 0 Å². The van der Waals surface area contributed by atoms with Gasteiger partial charge in [-0.2, -0.15) is 0 Å². The summed E-state index contributed by atoms with van der Waals surface area (Å²) in [7, 11) is 0. The summed E-state index contributed by atoms with van der Waals surface area (Å²) in [5, 5.41) is 1.08. The summed E-state index contributed by atoms with van der Waals surface area (Å²) in [5.41, 5.74) is 10.6. The van der Waals surface area contributed by atoms with E-state index in [2.05, 4.69) is 29.2 Å². The lowest BCUT2D eigenvalue weighted by Gasteiger charge is -2.12. The maximum Gasteiger partial charge on any atom is 0.187 e. The Balaban J connectivity index is 1.74. The van der Waals surface area contributed by atoms with Gasteiger partial charge in [0.15, 0.2) is 5.13 Å². The summed E-state index contributed by atoms with van der Waals surface area (Å²) in [6.45, 7) is 1.77. The monoisotopic (exact) mass is 267 g/mol. The summed E-state index contributed by atoms with van der Waals surface area (Å²) in [6.07, 6.45) is 0. The minimum atomic E-state index is 0.863. The molecule has 3 aromatic rings. The fourth-order valence-corrected chi connectivity index (χ4v) is 3.54. The molecule has 0 bridgehead atoms. The number of nitrogens with two attached hydrogens (primary N) is 1. The van der Waals surface area contributed by atoms with Crippen molar-refractivity contribution >= 4 is 32.4 Å². The zero-order valence-corrected chi connectivity index (χ0v) is 11.2. The summed E-state index contributed by atoms with van der Waals surface area (Å²) >= 11 is 1.74. The number of rotatable bonds is 1. The van der Waals surface area contributed by atoms with Crippen LogP contribution < -0.4 is 10.6 Å². The molecule has 0 spiro atoms. The molecule has 0 saturated carbocycles. The van der Waals surface area contributed by atoms with Crippen LogP contribution in [0.15, 0.2) is 42.5 Å². The third kappa shape index (κ3) is 1.68.